The summed E-state index contributed by atoms with van der Waals surface area (Å²) in [6.07, 6.45) is 1.67. The van der Waals surface area contributed by atoms with Crippen LogP contribution in [-0.4, -0.2) is 15.0 Å². The van der Waals surface area contributed by atoms with Gasteiger partial charge >= 0.3 is 0 Å². The number of aryl methyl sites for hydroxylation is 1. The summed E-state index contributed by atoms with van der Waals surface area (Å²) in [6.45, 7) is 1.82. The summed E-state index contributed by atoms with van der Waals surface area (Å²) in [7, 11) is 0. The molecule has 0 N–H and O–H groups in total. The highest BCUT2D eigenvalue weighted by atomic mass is 35.5. The molecule has 2 heterocycles. The van der Waals surface area contributed by atoms with E-state index in [1.54, 1.807) is 6.20 Å². The number of fused-ring (bicyclic) bond motifs is 1. The van der Waals surface area contributed by atoms with Crippen molar-refractivity contribution in [3.63, 3.8) is 0 Å². The van der Waals surface area contributed by atoms with Crippen molar-refractivity contribution >= 4 is 22.8 Å². The first-order chi connectivity index (χ1) is 5.77. The number of aromatic nitrogens is 3. The molecule has 0 atom stereocenters. The number of hydrogen-bond acceptors (Lipinski definition) is 3. The summed E-state index contributed by atoms with van der Waals surface area (Å²) < 4.78 is 0. The Morgan fingerprint density at radius 3 is 3.00 bits per heavy atom. The fourth-order valence-corrected chi connectivity index (χ4v) is 1.08. The molecule has 0 bridgehead atoms. The zero-order valence-electron chi connectivity index (χ0n) is 6.45. The Labute approximate surface area is 74.4 Å². The topological polar surface area (TPSA) is 38.7 Å². The van der Waals surface area contributed by atoms with Gasteiger partial charge in [-0.15, -0.1) is 0 Å². The summed E-state index contributed by atoms with van der Waals surface area (Å²) in [6, 6.07) is 3.68. The maximum Gasteiger partial charge on any atom is 0.179 e. The maximum atomic E-state index is 5.77. The number of nitrogens with zero attached hydrogens (tertiary/aromatic N) is 3. The van der Waals surface area contributed by atoms with E-state index in [0.717, 1.165) is 11.2 Å². The molecule has 0 unspecified atom stereocenters. The average Bonchev–Trinajstić information content (AvgIpc) is 2.07. The van der Waals surface area contributed by atoms with Crippen LogP contribution in [0.5, 0.6) is 0 Å². The smallest absolute Gasteiger partial charge is 0.179 e. The van der Waals surface area contributed by atoms with E-state index in [9.17, 15) is 0 Å². The van der Waals surface area contributed by atoms with Gasteiger partial charge in [0.25, 0.3) is 0 Å². The van der Waals surface area contributed by atoms with Gasteiger partial charge in [-0.3, -0.25) is 0 Å². The summed E-state index contributed by atoms with van der Waals surface area (Å²) >= 11 is 5.77. The molecular formula is C8H6ClN3. The highest BCUT2D eigenvalue weighted by Gasteiger charge is 2.01. The van der Waals surface area contributed by atoms with E-state index in [2.05, 4.69) is 15.0 Å². The van der Waals surface area contributed by atoms with Crippen LogP contribution in [-0.2, 0) is 0 Å². The van der Waals surface area contributed by atoms with E-state index in [4.69, 9.17) is 11.6 Å². The van der Waals surface area contributed by atoms with Gasteiger partial charge < -0.3 is 0 Å². The molecule has 0 aliphatic rings. The van der Waals surface area contributed by atoms with Gasteiger partial charge in [-0.25, -0.2) is 15.0 Å². The Morgan fingerprint density at radius 2 is 2.17 bits per heavy atom. The lowest BCUT2D eigenvalue weighted by atomic mass is 10.4. The minimum Gasteiger partial charge on any atom is -0.247 e. The Hall–Kier alpha value is -1.22. The molecule has 0 aliphatic heterocycles. The van der Waals surface area contributed by atoms with Crippen LogP contribution in [0.3, 0.4) is 0 Å². The lowest BCUT2D eigenvalue weighted by molar-refractivity contribution is 1.15. The molecule has 60 valence electrons. The molecule has 0 saturated carbocycles. The number of pyridine rings is 1. The Kier molecular flexibility index (Phi) is 1.66. The van der Waals surface area contributed by atoms with Gasteiger partial charge in [0.1, 0.15) is 5.52 Å². The van der Waals surface area contributed by atoms with Crippen molar-refractivity contribution in [3.05, 3.63) is 29.2 Å². The minimum absolute atomic E-state index is 0.418. The summed E-state index contributed by atoms with van der Waals surface area (Å²) in [4.78, 5) is 12.3. The second-order valence-electron chi connectivity index (χ2n) is 2.45. The molecule has 0 aromatic carbocycles. The first-order valence-corrected chi connectivity index (χ1v) is 3.90. The molecule has 0 spiro atoms. The fraction of sp³-hybridized carbons (Fsp3) is 0.125. The predicted molar refractivity (Wildman–Crippen MR) is 47.1 cm³/mol. The SMILES string of the molecule is Cc1nc2cccnc2nc1Cl. The van der Waals surface area contributed by atoms with Gasteiger partial charge in [-0.2, -0.15) is 0 Å². The van der Waals surface area contributed by atoms with Crippen LogP contribution in [0, 0.1) is 6.92 Å². The van der Waals surface area contributed by atoms with Crippen molar-refractivity contribution < 1.29 is 0 Å². The van der Waals surface area contributed by atoms with Crippen LogP contribution in [0.1, 0.15) is 5.69 Å². The van der Waals surface area contributed by atoms with Crippen LogP contribution in [0.25, 0.3) is 11.2 Å². The molecule has 0 saturated heterocycles. The molecule has 3 nitrogen and oxygen atoms in total. The predicted octanol–water partition coefficient (Wildman–Crippen LogP) is 1.99. The molecular weight excluding hydrogens is 174 g/mol. The van der Waals surface area contributed by atoms with Crippen molar-refractivity contribution in [2.45, 2.75) is 6.92 Å². The van der Waals surface area contributed by atoms with E-state index in [0.29, 0.717) is 10.8 Å². The Balaban J connectivity index is 2.84. The monoisotopic (exact) mass is 179 g/mol. The third-order valence-electron chi connectivity index (χ3n) is 1.56. The molecule has 0 fully saturated rings. The maximum absolute atomic E-state index is 5.77. The van der Waals surface area contributed by atoms with Crippen molar-refractivity contribution in [1.82, 2.24) is 15.0 Å². The van der Waals surface area contributed by atoms with Crippen molar-refractivity contribution in [1.29, 1.82) is 0 Å². The molecule has 0 radical (unpaired) electrons. The largest absolute Gasteiger partial charge is 0.247 e. The van der Waals surface area contributed by atoms with Gasteiger partial charge in [0.2, 0.25) is 0 Å². The fourth-order valence-electron chi connectivity index (χ4n) is 0.963. The average molecular weight is 180 g/mol. The molecule has 12 heavy (non-hydrogen) atoms. The number of rotatable bonds is 0. The highest BCUT2D eigenvalue weighted by molar-refractivity contribution is 6.30. The minimum atomic E-state index is 0.418. The second kappa shape index (κ2) is 2.68. The van der Waals surface area contributed by atoms with Gasteiger partial charge in [0, 0.05) is 6.20 Å². The van der Waals surface area contributed by atoms with E-state index in [-0.39, 0.29) is 0 Å². The Bertz CT molecular complexity index is 387. The first kappa shape index (κ1) is 7.43. The first-order valence-electron chi connectivity index (χ1n) is 3.52. The lowest BCUT2D eigenvalue weighted by Crippen LogP contribution is -1.91. The van der Waals surface area contributed by atoms with Crippen molar-refractivity contribution in [3.8, 4) is 0 Å². The van der Waals surface area contributed by atoms with Crippen molar-refractivity contribution in [2.75, 3.05) is 0 Å². The van der Waals surface area contributed by atoms with E-state index in [1.807, 2.05) is 19.1 Å². The molecule has 4 heteroatoms. The molecule has 2 aromatic heterocycles. The highest BCUT2D eigenvalue weighted by Crippen LogP contribution is 2.13. The summed E-state index contributed by atoms with van der Waals surface area (Å²) in [5.41, 5.74) is 2.10. The zero-order chi connectivity index (χ0) is 8.55. The Morgan fingerprint density at radius 1 is 1.33 bits per heavy atom. The third kappa shape index (κ3) is 1.12. The quantitative estimate of drug-likeness (QED) is 0.621. The molecule has 2 aromatic rings. The zero-order valence-corrected chi connectivity index (χ0v) is 7.21. The summed E-state index contributed by atoms with van der Waals surface area (Å²) in [5, 5.41) is 0.418. The standard InChI is InChI=1S/C8H6ClN3/c1-5-7(9)12-8-6(11-5)3-2-4-10-8/h2-4H,1H3. The second-order valence-corrected chi connectivity index (χ2v) is 2.80. The third-order valence-corrected chi connectivity index (χ3v) is 1.91. The van der Waals surface area contributed by atoms with Crippen LogP contribution in [0.4, 0.5) is 0 Å². The van der Waals surface area contributed by atoms with Crippen LogP contribution < -0.4 is 0 Å². The number of halogens is 1. The normalized spacial score (nSPS) is 10.5. The van der Waals surface area contributed by atoms with E-state index in [1.165, 1.54) is 0 Å². The van der Waals surface area contributed by atoms with Gasteiger partial charge in [0.05, 0.1) is 5.69 Å². The number of hydrogen-bond donors (Lipinski definition) is 0. The van der Waals surface area contributed by atoms with Crippen molar-refractivity contribution in [2.24, 2.45) is 0 Å². The van der Waals surface area contributed by atoms with Gasteiger partial charge in [-0.05, 0) is 19.1 Å². The van der Waals surface area contributed by atoms with Gasteiger partial charge in [0.15, 0.2) is 10.8 Å². The van der Waals surface area contributed by atoms with Crippen LogP contribution in [0.15, 0.2) is 18.3 Å². The summed E-state index contributed by atoms with van der Waals surface area (Å²) in [5.74, 6) is 0. The molecule has 0 aliphatic carbocycles. The molecule has 2 rings (SSSR count). The van der Waals surface area contributed by atoms with Gasteiger partial charge in [-0.1, -0.05) is 11.6 Å². The lowest BCUT2D eigenvalue weighted by Gasteiger charge is -1.97. The molecule has 0 amide bonds. The van der Waals surface area contributed by atoms with Crippen LogP contribution in [0.2, 0.25) is 5.15 Å². The van der Waals surface area contributed by atoms with E-state index >= 15 is 0 Å². The van der Waals surface area contributed by atoms with Crippen LogP contribution >= 0.6 is 11.6 Å². The van der Waals surface area contributed by atoms with E-state index < -0.39 is 0 Å².